The van der Waals surface area contributed by atoms with E-state index < -0.39 is 58.8 Å². The van der Waals surface area contributed by atoms with Crippen molar-refractivity contribution in [2.24, 2.45) is 0 Å². The summed E-state index contributed by atoms with van der Waals surface area (Å²) in [4.78, 5) is 51.7. The first-order chi connectivity index (χ1) is 23.0. The fourth-order valence-electron chi connectivity index (χ4n) is 6.35. The monoisotopic (exact) mass is 670 g/mol. The molecular formula is C38H38O11. The molecule has 0 saturated carbocycles. The zero-order valence-electron chi connectivity index (χ0n) is 28.6. The quantitative estimate of drug-likeness (QED) is 0.122. The topological polar surface area (TPSA) is 141 Å². The van der Waals surface area contributed by atoms with Gasteiger partial charge in [-0.2, -0.15) is 0 Å². The van der Waals surface area contributed by atoms with E-state index in [1.54, 1.807) is 91.8 Å². The Morgan fingerprint density at radius 2 is 1.04 bits per heavy atom. The smallest absolute Gasteiger partial charge is 0.336 e. The zero-order valence-corrected chi connectivity index (χ0v) is 28.6. The van der Waals surface area contributed by atoms with Gasteiger partial charge >= 0.3 is 23.2 Å². The van der Waals surface area contributed by atoms with Crippen molar-refractivity contribution in [3.63, 3.8) is 0 Å². The van der Waals surface area contributed by atoms with Crippen molar-refractivity contribution in [2.75, 3.05) is 0 Å². The van der Waals surface area contributed by atoms with Crippen LogP contribution in [-0.2, 0) is 23.8 Å². The molecule has 256 valence electrons. The predicted octanol–water partition coefficient (Wildman–Crippen LogP) is 6.80. The molecule has 6 rings (SSSR count). The summed E-state index contributed by atoms with van der Waals surface area (Å²) in [5.41, 5.74) is -1.20. The molecule has 2 aromatic carbocycles. The molecule has 0 fully saturated rings. The number of hydrogen-bond donors (Lipinski definition) is 0. The van der Waals surface area contributed by atoms with Crippen LogP contribution in [-0.4, -0.2) is 35.3 Å². The molecule has 2 aliphatic rings. The lowest BCUT2D eigenvalue weighted by atomic mass is 9.84. The Balaban J connectivity index is 1.59. The summed E-state index contributed by atoms with van der Waals surface area (Å²) in [5.74, 6) is -0.620. The van der Waals surface area contributed by atoms with Crippen LogP contribution in [0.15, 0.2) is 90.3 Å². The van der Waals surface area contributed by atoms with E-state index in [-0.39, 0.29) is 11.2 Å². The van der Waals surface area contributed by atoms with Crippen molar-refractivity contribution < 1.29 is 42.1 Å². The molecule has 0 bridgehead atoms. The van der Waals surface area contributed by atoms with Gasteiger partial charge in [0, 0.05) is 35.1 Å². The van der Waals surface area contributed by atoms with E-state index in [1.807, 2.05) is 0 Å². The lowest BCUT2D eigenvalue weighted by molar-refractivity contribution is -0.226. The zero-order chi connectivity index (χ0) is 35.4. The van der Waals surface area contributed by atoms with Crippen LogP contribution in [0, 0.1) is 0 Å². The van der Waals surface area contributed by atoms with Gasteiger partial charge in [0.05, 0.1) is 11.1 Å². The van der Waals surface area contributed by atoms with Crippen molar-refractivity contribution in [3.8, 4) is 11.5 Å². The normalized spacial score (nSPS) is 21.7. The summed E-state index contributed by atoms with van der Waals surface area (Å²) in [6, 6.07) is 12.8. The van der Waals surface area contributed by atoms with E-state index in [4.69, 9.17) is 32.5 Å². The molecule has 0 saturated heterocycles. The molecule has 0 radical (unpaired) electrons. The number of allylic oxidation sites excluding steroid dienone is 2. The van der Waals surface area contributed by atoms with Gasteiger partial charge in [-0.15, -0.1) is 0 Å². The van der Waals surface area contributed by atoms with Crippen molar-refractivity contribution in [2.45, 2.75) is 91.0 Å². The number of esters is 2. The molecule has 0 spiro atoms. The SMILES string of the molecule is CC(C)=CC(=O)O[C@@H]1[C@H](O[C@H]2[C@@H](OC(=O)C=C(C)C)c3c(ccc4ccc(=O)oc34)OC2(C)C)c2c(ccc3ccc(=O)oc23)OC1(C)C. The fourth-order valence-corrected chi connectivity index (χ4v) is 6.35. The number of carbonyl (C=O) groups excluding carboxylic acids is 2. The first-order valence-electron chi connectivity index (χ1n) is 15.9. The highest BCUT2D eigenvalue weighted by Gasteiger charge is 2.55. The van der Waals surface area contributed by atoms with Gasteiger partial charge in [-0.25, -0.2) is 19.2 Å². The van der Waals surface area contributed by atoms with Crippen LogP contribution >= 0.6 is 0 Å². The molecule has 2 aromatic heterocycles. The number of carbonyl (C=O) groups is 2. The molecule has 11 heteroatoms. The largest absolute Gasteiger partial charge is 0.484 e. The van der Waals surface area contributed by atoms with Crippen LogP contribution in [0.25, 0.3) is 21.9 Å². The molecule has 4 aromatic rings. The summed E-state index contributed by atoms with van der Waals surface area (Å²) in [6.45, 7) is 14.1. The van der Waals surface area contributed by atoms with Crippen molar-refractivity contribution in [3.05, 3.63) is 104 Å². The molecule has 0 N–H and O–H groups in total. The van der Waals surface area contributed by atoms with E-state index in [0.29, 0.717) is 44.5 Å². The Bertz CT molecular complexity index is 2160. The lowest BCUT2D eigenvalue weighted by Gasteiger charge is -2.48. The minimum absolute atomic E-state index is 0.166. The third kappa shape index (κ3) is 6.50. The molecular weight excluding hydrogens is 632 g/mol. The molecule has 0 unspecified atom stereocenters. The highest BCUT2D eigenvalue weighted by molar-refractivity contribution is 5.86. The minimum Gasteiger partial charge on any atom is -0.484 e. The average molecular weight is 671 g/mol. The van der Waals surface area contributed by atoms with Gasteiger partial charge < -0.3 is 32.5 Å². The standard InChI is InChI=1S/C38H38O11/c1-19(2)17-27(41)45-33-29-23(13-9-21-11-15-25(39)43-31(21)29)49-38(7,8)36(33)47-34-30-24(14-10-22-12-16-26(40)44-32(22)30)48-37(5,6)35(34)46-28(42)18-20(3)4/h9-18,33-36H,1-8H3/t33-,34+,35+,36-/m0/s1. The highest BCUT2D eigenvalue weighted by Crippen LogP contribution is 2.52. The van der Waals surface area contributed by atoms with Crippen LogP contribution < -0.4 is 20.7 Å². The summed E-state index contributed by atoms with van der Waals surface area (Å²) < 4.78 is 43.7. The van der Waals surface area contributed by atoms with E-state index >= 15 is 0 Å². The number of fused-ring (bicyclic) bond motifs is 6. The Kier molecular flexibility index (Phi) is 8.52. The number of ether oxygens (including phenoxy) is 5. The van der Waals surface area contributed by atoms with Gasteiger partial charge in [-0.1, -0.05) is 11.1 Å². The van der Waals surface area contributed by atoms with Crippen molar-refractivity contribution in [1.29, 1.82) is 0 Å². The van der Waals surface area contributed by atoms with Gasteiger partial charge in [0.2, 0.25) is 0 Å². The van der Waals surface area contributed by atoms with E-state index in [2.05, 4.69) is 0 Å². The Morgan fingerprint density at radius 1 is 0.612 bits per heavy atom. The van der Waals surface area contributed by atoms with Gasteiger partial charge in [-0.3, -0.25) is 0 Å². The first-order valence-corrected chi connectivity index (χ1v) is 15.9. The second-order valence-electron chi connectivity index (χ2n) is 13.8. The summed E-state index contributed by atoms with van der Waals surface area (Å²) in [6.07, 6.45) is -1.87. The maximum Gasteiger partial charge on any atom is 0.336 e. The molecule has 0 amide bonds. The van der Waals surface area contributed by atoms with Gasteiger partial charge in [0.25, 0.3) is 0 Å². The van der Waals surface area contributed by atoms with Gasteiger partial charge in [0.1, 0.15) is 46.1 Å². The molecule has 4 heterocycles. The maximum absolute atomic E-state index is 13.4. The minimum atomic E-state index is -1.20. The fraction of sp³-hybridized carbons (Fsp3) is 0.368. The number of benzene rings is 2. The van der Waals surface area contributed by atoms with E-state index in [9.17, 15) is 19.2 Å². The Morgan fingerprint density at radius 3 is 1.53 bits per heavy atom. The molecule has 0 aliphatic carbocycles. The molecule has 2 aliphatic heterocycles. The average Bonchev–Trinajstić information content (AvgIpc) is 2.98. The summed E-state index contributed by atoms with van der Waals surface area (Å²) >= 11 is 0. The van der Waals surface area contributed by atoms with Crippen molar-refractivity contribution in [1.82, 2.24) is 0 Å². The Hall–Kier alpha value is -5.16. The molecule has 4 atom stereocenters. The third-order valence-electron chi connectivity index (χ3n) is 8.40. The van der Waals surface area contributed by atoms with Gasteiger partial charge in [0.15, 0.2) is 12.2 Å². The van der Waals surface area contributed by atoms with E-state index in [1.165, 1.54) is 24.3 Å². The first kappa shape index (κ1) is 33.7. The second kappa shape index (κ2) is 12.4. The molecule has 11 nitrogen and oxygen atoms in total. The van der Waals surface area contributed by atoms with E-state index in [0.717, 1.165) is 0 Å². The highest BCUT2D eigenvalue weighted by atomic mass is 16.6. The Labute approximate surface area is 282 Å². The predicted molar refractivity (Wildman–Crippen MR) is 180 cm³/mol. The third-order valence-corrected chi connectivity index (χ3v) is 8.40. The van der Waals surface area contributed by atoms with Gasteiger partial charge in [-0.05, 0) is 91.8 Å². The number of rotatable bonds is 6. The van der Waals surface area contributed by atoms with Crippen molar-refractivity contribution >= 4 is 33.9 Å². The maximum atomic E-state index is 13.4. The van der Waals surface area contributed by atoms with Crippen LogP contribution in [0.2, 0.25) is 0 Å². The second-order valence-corrected chi connectivity index (χ2v) is 13.8. The lowest BCUT2D eigenvalue weighted by Crippen LogP contribution is -2.56. The summed E-state index contributed by atoms with van der Waals surface area (Å²) in [5, 5.41) is 1.15. The number of hydrogen-bond acceptors (Lipinski definition) is 11. The van der Waals surface area contributed by atoms with Crippen LogP contribution in [0.1, 0.15) is 78.7 Å². The van der Waals surface area contributed by atoms with Crippen LogP contribution in [0.3, 0.4) is 0 Å². The summed E-state index contributed by atoms with van der Waals surface area (Å²) in [7, 11) is 0. The molecule has 49 heavy (non-hydrogen) atoms. The van der Waals surface area contributed by atoms with Crippen LogP contribution in [0.5, 0.6) is 11.5 Å². The van der Waals surface area contributed by atoms with Crippen LogP contribution in [0.4, 0.5) is 0 Å².